The van der Waals surface area contributed by atoms with Crippen LogP contribution in [-0.4, -0.2) is 54.1 Å². The Morgan fingerprint density at radius 2 is 1.74 bits per heavy atom. The van der Waals surface area contributed by atoms with Gasteiger partial charge >= 0.3 is 6.18 Å². The summed E-state index contributed by atoms with van der Waals surface area (Å²) in [6, 6.07) is -1.07. The summed E-state index contributed by atoms with van der Waals surface area (Å²) in [5.41, 5.74) is -1.16. The minimum atomic E-state index is -4.49. The SMILES string of the molecule is CC1(C)CC[C@@H](C[C@@H](C#N)NC(=O)[C@H](CC2CC2)NC(=O)[C@@H](NCC(F)(F)F)C(C)(C)C)C(=O)N1. The lowest BCUT2D eigenvalue weighted by molar-refractivity contribution is -0.137. The lowest BCUT2D eigenvalue weighted by Gasteiger charge is -2.35. The third-order valence-electron chi connectivity index (χ3n) is 6.48. The molecule has 1 saturated carbocycles. The zero-order chi connectivity index (χ0) is 26.6. The smallest absolute Gasteiger partial charge is 0.351 e. The molecule has 0 aromatic heterocycles. The van der Waals surface area contributed by atoms with Gasteiger partial charge in [0.05, 0.1) is 18.7 Å². The molecule has 3 amide bonds. The Morgan fingerprint density at radius 3 is 2.23 bits per heavy atom. The molecule has 1 saturated heterocycles. The van der Waals surface area contributed by atoms with Gasteiger partial charge in [-0.3, -0.25) is 19.7 Å². The molecule has 4 N–H and O–H groups in total. The average Bonchev–Trinajstić information content (AvgIpc) is 3.50. The second kappa shape index (κ2) is 11.1. The van der Waals surface area contributed by atoms with Gasteiger partial charge < -0.3 is 16.0 Å². The van der Waals surface area contributed by atoms with Crippen LogP contribution in [0.5, 0.6) is 0 Å². The van der Waals surface area contributed by atoms with E-state index in [1.807, 2.05) is 19.9 Å². The van der Waals surface area contributed by atoms with E-state index in [4.69, 9.17) is 0 Å². The largest absolute Gasteiger partial charge is 0.401 e. The minimum Gasteiger partial charge on any atom is -0.351 e. The van der Waals surface area contributed by atoms with Crippen LogP contribution in [0.25, 0.3) is 0 Å². The van der Waals surface area contributed by atoms with Crippen molar-refractivity contribution >= 4 is 17.7 Å². The van der Waals surface area contributed by atoms with Gasteiger partial charge in [0.2, 0.25) is 17.7 Å². The molecule has 0 radical (unpaired) electrons. The molecular weight excluding hydrogens is 463 g/mol. The van der Waals surface area contributed by atoms with E-state index in [0.717, 1.165) is 19.3 Å². The molecule has 4 atom stereocenters. The fraction of sp³-hybridized carbons (Fsp3) is 0.833. The summed E-state index contributed by atoms with van der Waals surface area (Å²) >= 11 is 0. The number of nitrogens with one attached hydrogen (secondary N) is 4. The van der Waals surface area contributed by atoms with Gasteiger partial charge in [-0.15, -0.1) is 0 Å². The first-order chi connectivity index (χ1) is 16.0. The summed E-state index contributed by atoms with van der Waals surface area (Å²) in [6.45, 7) is 7.42. The Balaban J connectivity index is 2.05. The number of carbonyl (C=O) groups excluding carboxylic acids is 3. The van der Waals surface area contributed by atoms with Crippen molar-refractivity contribution in [3.05, 3.63) is 0 Å². The predicted molar refractivity (Wildman–Crippen MR) is 124 cm³/mol. The van der Waals surface area contributed by atoms with Crippen molar-refractivity contribution in [3.63, 3.8) is 0 Å². The number of alkyl halides is 3. The first-order valence-electron chi connectivity index (χ1n) is 12.1. The number of nitrogens with zero attached hydrogens (tertiary/aromatic N) is 1. The van der Waals surface area contributed by atoms with E-state index in [0.29, 0.717) is 12.8 Å². The van der Waals surface area contributed by atoms with Crippen molar-refractivity contribution in [2.75, 3.05) is 6.54 Å². The summed E-state index contributed by atoms with van der Waals surface area (Å²) in [6.07, 6.45) is -0.879. The van der Waals surface area contributed by atoms with E-state index in [-0.39, 0.29) is 23.8 Å². The highest BCUT2D eigenvalue weighted by molar-refractivity contribution is 5.90. The average molecular weight is 502 g/mol. The molecule has 0 unspecified atom stereocenters. The molecule has 2 fully saturated rings. The van der Waals surface area contributed by atoms with E-state index in [9.17, 15) is 32.8 Å². The van der Waals surface area contributed by atoms with Crippen LogP contribution in [0.1, 0.15) is 73.1 Å². The monoisotopic (exact) mass is 501 g/mol. The minimum absolute atomic E-state index is 0.145. The molecule has 1 heterocycles. The molecule has 8 nitrogen and oxygen atoms in total. The molecular formula is C24H38F3N5O3. The Hall–Kier alpha value is -2.35. The van der Waals surface area contributed by atoms with Gasteiger partial charge in [-0.25, -0.2) is 0 Å². The molecule has 11 heteroatoms. The second-order valence-electron chi connectivity index (χ2n) is 11.6. The zero-order valence-electron chi connectivity index (χ0n) is 21.1. The number of halogens is 3. The number of piperidine rings is 1. The summed E-state index contributed by atoms with van der Waals surface area (Å²) < 4.78 is 38.3. The number of carbonyl (C=O) groups is 3. The van der Waals surface area contributed by atoms with Gasteiger partial charge in [-0.05, 0) is 50.9 Å². The number of hydrogen-bond donors (Lipinski definition) is 4. The van der Waals surface area contributed by atoms with E-state index in [2.05, 4.69) is 21.3 Å². The Kier molecular flexibility index (Phi) is 9.20. The summed E-state index contributed by atoms with van der Waals surface area (Å²) in [5.74, 6) is -1.63. The molecule has 1 aliphatic carbocycles. The summed E-state index contributed by atoms with van der Waals surface area (Å²) in [5, 5.41) is 20.0. The van der Waals surface area contributed by atoms with Crippen LogP contribution in [0.15, 0.2) is 0 Å². The van der Waals surface area contributed by atoms with E-state index in [1.165, 1.54) is 0 Å². The third kappa shape index (κ3) is 9.67. The van der Waals surface area contributed by atoms with E-state index in [1.54, 1.807) is 20.8 Å². The van der Waals surface area contributed by atoms with Crippen molar-refractivity contribution in [2.45, 2.75) is 103 Å². The number of rotatable bonds is 10. The third-order valence-corrected chi connectivity index (χ3v) is 6.48. The Labute approximate surface area is 205 Å². The van der Waals surface area contributed by atoms with Crippen LogP contribution in [0.3, 0.4) is 0 Å². The van der Waals surface area contributed by atoms with Crippen molar-refractivity contribution < 1.29 is 27.6 Å². The molecule has 0 bridgehead atoms. The zero-order valence-corrected chi connectivity index (χ0v) is 21.1. The molecule has 2 aliphatic rings. The maximum atomic E-state index is 13.0. The molecule has 2 rings (SSSR count). The highest BCUT2D eigenvalue weighted by atomic mass is 19.4. The number of hydrogen-bond acceptors (Lipinski definition) is 5. The standard InChI is InChI=1S/C24H38F3N5O3/c1-22(2,3)18(29-13-24(25,26)27)21(35)31-17(10-14-6-7-14)20(34)30-16(12-28)11-15-8-9-23(4,5)32-19(15)33/h14-18,29H,6-11,13H2,1-5H3,(H,30,34)(H,31,35)(H,32,33)/t15-,16-,17-,18+/m0/s1. The van der Waals surface area contributed by atoms with Crippen LogP contribution in [0, 0.1) is 28.6 Å². The highest BCUT2D eigenvalue weighted by Gasteiger charge is 2.39. The maximum Gasteiger partial charge on any atom is 0.401 e. The lowest BCUT2D eigenvalue weighted by atomic mass is 9.83. The first kappa shape index (κ1) is 28.9. The number of amides is 3. The summed E-state index contributed by atoms with van der Waals surface area (Å²) in [4.78, 5) is 38.4. The van der Waals surface area contributed by atoms with Gasteiger partial charge in [0, 0.05) is 11.5 Å². The van der Waals surface area contributed by atoms with Gasteiger partial charge in [-0.2, -0.15) is 18.4 Å². The topological polar surface area (TPSA) is 123 Å². The Morgan fingerprint density at radius 1 is 1.11 bits per heavy atom. The molecule has 35 heavy (non-hydrogen) atoms. The van der Waals surface area contributed by atoms with Crippen LogP contribution in [0.4, 0.5) is 13.2 Å². The quantitative estimate of drug-likeness (QED) is 0.366. The maximum absolute atomic E-state index is 13.0. The molecule has 0 aromatic rings. The van der Waals surface area contributed by atoms with Crippen molar-refractivity contribution in [1.29, 1.82) is 5.26 Å². The summed E-state index contributed by atoms with van der Waals surface area (Å²) in [7, 11) is 0. The number of nitriles is 1. The van der Waals surface area contributed by atoms with Crippen LogP contribution in [-0.2, 0) is 14.4 Å². The lowest BCUT2D eigenvalue weighted by Crippen LogP contribution is -2.58. The van der Waals surface area contributed by atoms with Gasteiger partial charge in [-0.1, -0.05) is 33.6 Å². The molecule has 1 aliphatic heterocycles. The predicted octanol–water partition coefficient (Wildman–Crippen LogP) is 2.54. The van der Waals surface area contributed by atoms with Gasteiger partial charge in [0.1, 0.15) is 12.1 Å². The fourth-order valence-corrected chi connectivity index (χ4v) is 4.27. The van der Waals surface area contributed by atoms with Crippen LogP contribution in [0.2, 0.25) is 0 Å². The first-order valence-corrected chi connectivity index (χ1v) is 12.1. The fourth-order valence-electron chi connectivity index (χ4n) is 4.27. The van der Waals surface area contributed by atoms with Crippen LogP contribution >= 0.6 is 0 Å². The Bertz CT molecular complexity index is 828. The highest BCUT2D eigenvalue weighted by Crippen LogP contribution is 2.34. The van der Waals surface area contributed by atoms with Crippen molar-refractivity contribution in [1.82, 2.24) is 21.3 Å². The molecule has 198 valence electrons. The normalized spacial score (nSPS) is 22.8. The van der Waals surface area contributed by atoms with Crippen molar-refractivity contribution in [2.24, 2.45) is 17.3 Å². The van der Waals surface area contributed by atoms with Crippen LogP contribution < -0.4 is 21.3 Å². The van der Waals surface area contributed by atoms with E-state index < -0.39 is 54.0 Å². The van der Waals surface area contributed by atoms with Crippen molar-refractivity contribution in [3.8, 4) is 6.07 Å². The van der Waals surface area contributed by atoms with Gasteiger partial charge in [0.25, 0.3) is 0 Å². The van der Waals surface area contributed by atoms with Gasteiger partial charge in [0.15, 0.2) is 0 Å². The van der Waals surface area contributed by atoms with E-state index >= 15 is 0 Å². The second-order valence-corrected chi connectivity index (χ2v) is 11.6. The molecule has 0 aromatic carbocycles. The molecule has 0 spiro atoms.